The van der Waals surface area contributed by atoms with Gasteiger partial charge in [0.15, 0.2) is 0 Å². The smallest absolute Gasteiger partial charge is 0.255 e. The molecule has 1 aliphatic carbocycles. The normalized spacial score (nSPS) is 14.5. The van der Waals surface area contributed by atoms with Crippen molar-refractivity contribution >= 4 is 27.7 Å². The molecule has 5 nitrogen and oxygen atoms in total. The van der Waals surface area contributed by atoms with E-state index < -0.39 is 10.0 Å². The number of nitrogens with one attached hydrogen (secondary N) is 2. The number of sulfonamides is 1. The van der Waals surface area contributed by atoms with E-state index >= 15 is 0 Å². The lowest BCUT2D eigenvalue weighted by atomic mass is 10.2. The zero-order valence-electron chi connectivity index (χ0n) is 13.0. The Morgan fingerprint density at radius 2 is 1.67 bits per heavy atom. The van der Waals surface area contributed by atoms with Crippen LogP contribution in [0.5, 0.6) is 0 Å². The molecule has 0 radical (unpaired) electrons. The Labute approximate surface area is 141 Å². The molecule has 0 heterocycles. The summed E-state index contributed by atoms with van der Waals surface area (Å²) in [7, 11) is -3.61. The highest BCUT2D eigenvalue weighted by Gasteiger charge is 2.23. The third kappa shape index (κ3) is 4.70. The Hall–Kier alpha value is -2.60. The van der Waals surface area contributed by atoms with E-state index in [-0.39, 0.29) is 5.91 Å². The molecule has 1 saturated carbocycles. The molecule has 2 aromatic rings. The van der Waals surface area contributed by atoms with Crippen LogP contribution in [0.3, 0.4) is 0 Å². The summed E-state index contributed by atoms with van der Waals surface area (Å²) in [5.41, 5.74) is 1.73. The van der Waals surface area contributed by atoms with Crippen molar-refractivity contribution in [1.29, 1.82) is 0 Å². The molecular formula is C18H18N2O3S. The van der Waals surface area contributed by atoms with Crippen LogP contribution >= 0.6 is 0 Å². The maximum absolute atomic E-state index is 12.1. The van der Waals surface area contributed by atoms with Gasteiger partial charge < -0.3 is 5.32 Å². The molecule has 1 aliphatic rings. The molecule has 0 atom stereocenters. The van der Waals surface area contributed by atoms with Crippen molar-refractivity contribution in [3.63, 3.8) is 0 Å². The predicted molar refractivity (Wildman–Crippen MR) is 94.9 cm³/mol. The largest absolute Gasteiger partial charge is 0.349 e. The van der Waals surface area contributed by atoms with E-state index in [0.29, 0.717) is 17.3 Å². The van der Waals surface area contributed by atoms with Crippen LogP contribution in [0.15, 0.2) is 60.0 Å². The van der Waals surface area contributed by atoms with E-state index in [0.717, 1.165) is 23.8 Å². The summed E-state index contributed by atoms with van der Waals surface area (Å²) in [5, 5.41) is 4.01. The predicted octanol–water partition coefficient (Wildman–Crippen LogP) is 2.99. The molecule has 0 aromatic heterocycles. The fourth-order valence-corrected chi connectivity index (χ4v) is 2.99. The lowest BCUT2D eigenvalue weighted by molar-refractivity contribution is 0.0951. The molecule has 0 aliphatic heterocycles. The first kappa shape index (κ1) is 16.3. The minimum Gasteiger partial charge on any atom is -0.349 e. The summed E-state index contributed by atoms with van der Waals surface area (Å²) in [4.78, 5) is 11.9. The summed E-state index contributed by atoms with van der Waals surface area (Å²) in [5.74, 6) is -0.129. The Morgan fingerprint density at radius 3 is 2.29 bits per heavy atom. The van der Waals surface area contributed by atoms with Gasteiger partial charge in [-0.15, -0.1) is 0 Å². The van der Waals surface area contributed by atoms with Crippen LogP contribution in [-0.4, -0.2) is 20.4 Å². The molecular weight excluding hydrogens is 324 g/mol. The van der Waals surface area contributed by atoms with Crippen molar-refractivity contribution in [2.75, 3.05) is 4.72 Å². The van der Waals surface area contributed by atoms with Gasteiger partial charge in [-0.3, -0.25) is 9.52 Å². The van der Waals surface area contributed by atoms with Crippen LogP contribution in [0.2, 0.25) is 0 Å². The van der Waals surface area contributed by atoms with Crippen LogP contribution in [-0.2, 0) is 10.0 Å². The minimum absolute atomic E-state index is 0.129. The number of carbonyl (C=O) groups is 1. The molecule has 1 amide bonds. The van der Waals surface area contributed by atoms with E-state index in [2.05, 4.69) is 10.0 Å². The second-order valence-electron chi connectivity index (χ2n) is 5.69. The Bertz CT molecular complexity index is 840. The van der Waals surface area contributed by atoms with Gasteiger partial charge in [0.2, 0.25) is 0 Å². The topological polar surface area (TPSA) is 75.3 Å². The molecule has 1 fully saturated rings. The van der Waals surface area contributed by atoms with Gasteiger partial charge in [0.1, 0.15) is 0 Å². The van der Waals surface area contributed by atoms with Gasteiger partial charge in [0, 0.05) is 17.3 Å². The molecule has 0 bridgehead atoms. The fraction of sp³-hybridized carbons (Fsp3) is 0.167. The second-order valence-corrected chi connectivity index (χ2v) is 7.25. The lowest BCUT2D eigenvalue weighted by Gasteiger charge is -2.06. The lowest BCUT2D eigenvalue weighted by Crippen LogP contribution is -2.25. The van der Waals surface area contributed by atoms with Crippen molar-refractivity contribution in [3.8, 4) is 0 Å². The van der Waals surface area contributed by atoms with Crippen LogP contribution in [0.1, 0.15) is 28.8 Å². The van der Waals surface area contributed by atoms with Crippen molar-refractivity contribution in [2.24, 2.45) is 0 Å². The monoisotopic (exact) mass is 342 g/mol. The number of hydrogen-bond acceptors (Lipinski definition) is 3. The molecule has 2 N–H and O–H groups in total. The quantitative estimate of drug-likeness (QED) is 0.847. The summed E-state index contributed by atoms with van der Waals surface area (Å²) in [6.45, 7) is 0. The maximum atomic E-state index is 12.1. The maximum Gasteiger partial charge on any atom is 0.255 e. The Kier molecular flexibility index (Phi) is 4.66. The average Bonchev–Trinajstić information content (AvgIpc) is 3.38. The van der Waals surface area contributed by atoms with E-state index in [1.165, 1.54) is 6.08 Å². The van der Waals surface area contributed by atoms with E-state index in [1.54, 1.807) is 24.3 Å². The van der Waals surface area contributed by atoms with E-state index in [4.69, 9.17) is 0 Å². The number of anilines is 1. The summed E-state index contributed by atoms with van der Waals surface area (Å²) in [6.07, 6.45) is 3.58. The average molecular weight is 342 g/mol. The van der Waals surface area contributed by atoms with Gasteiger partial charge >= 0.3 is 0 Å². The van der Waals surface area contributed by atoms with Crippen molar-refractivity contribution in [2.45, 2.75) is 18.9 Å². The molecule has 2 aromatic carbocycles. The van der Waals surface area contributed by atoms with Gasteiger partial charge in [-0.1, -0.05) is 30.3 Å². The van der Waals surface area contributed by atoms with Crippen LogP contribution in [0.25, 0.3) is 6.08 Å². The zero-order chi connectivity index (χ0) is 17.0. The van der Waals surface area contributed by atoms with Gasteiger partial charge in [-0.05, 0) is 48.7 Å². The SMILES string of the molecule is O=C(NC1CC1)c1ccc(NS(=O)(=O)C=Cc2ccccc2)cc1. The summed E-state index contributed by atoms with van der Waals surface area (Å²) >= 11 is 0. The van der Waals surface area contributed by atoms with Gasteiger partial charge in [-0.2, -0.15) is 0 Å². The highest BCUT2D eigenvalue weighted by atomic mass is 32.2. The van der Waals surface area contributed by atoms with E-state index in [1.807, 2.05) is 30.3 Å². The Morgan fingerprint density at radius 1 is 1.00 bits per heavy atom. The van der Waals surface area contributed by atoms with Gasteiger partial charge in [0.25, 0.3) is 15.9 Å². The van der Waals surface area contributed by atoms with E-state index in [9.17, 15) is 13.2 Å². The standard InChI is InChI=1S/C18H18N2O3S/c21-18(19-16-10-11-16)15-6-8-17(9-7-15)20-24(22,23)13-12-14-4-2-1-3-5-14/h1-9,12-13,16,20H,10-11H2,(H,19,21). The van der Waals surface area contributed by atoms with Gasteiger partial charge in [0.05, 0.1) is 5.41 Å². The molecule has 6 heteroatoms. The minimum atomic E-state index is -3.61. The Balaban J connectivity index is 1.64. The van der Waals surface area contributed by atoms with Crippen LogP contribution in [0, 0.1) is 0 Å². The fourth-order valence-electron chi connectivity index (χ4n) is 2.12. The van der Waals surface area contributed by atoms with Crippen molar-refractivity contribution < 1.29 is 13.2 Å². The molecule has 3 rings (SSSR count). The molecule has 0 unspecified atom stereocenters. The highest BCUT2D eigenvalue weighted by molar-refractivity contribution is 7.95. The number of amides is 1. The third-order valence-corrected chi connectivity index (χ3v) is 4.57. The first-order valence-electron chi connectivity index (χ1n) is 7.69. The number of carbonyl (C=O) groups excluding carboxylic acids is 1. The molecule has 0 saturated heterocycles. The molecule has 24 heavy (non-hydrogen) atoms. The highest BCUT2D eigenvalue weighted by Crippen LogP contribution is 2.20. The van der Waals surface area contributed by atoms with Crippen molar-refractivity contribution in [3.05, 3.63) is 71.1 Å². The first-order valence-corrected chi connectivity index (χ1v) is 9.23. The summed E-state index contributed by atoms with van der Waals surface area (Å²) < 4.78 is 26.6. The number of rotatable bonds is 6. The van der Waals surface area contributed by atoms with Crippen molar-refractivity contribution in [1.82, 2.24) is 5.32 Å². The van der Waals surface area contributed by atoms with Gasteiger partial charge in [-0.25, -0.2) is 8.42 Å². The molecule has 0 spiro atoms. The number of hydrogen-bond donors (Lipinski definition) is 2. The first-order chi connectivity index (χ1) is 11.5. The third-order valence-electron chi connectivity index (χ3n) is 3.56. The summed E-state index contributed by atoms with van der Waals surface area (Å²) in [6, 6.07) is 15.8. The van der Waals surface area contributed by atoms with Crippen LogP contribution < -0.4 is 10.0 Å². The molecule has 124 valence electrons. The van der Waals surface area contributed by atoms with Crippen LogP contribution in [0.4, 0.5) is 5.69 Å². The second kappa shape index (κ2) is 6.88. The number of benzene rings is 2. The zero-order valence-corrected chi connectivity index (χ0v) is 13.8.